The number of rotatable bonds is 3. The van der Waals surface area contributed by atoms with Gasteiger partial charge in [-0.25, -0.2) is 4.79 Å². The number of ether oxygens (including phenoxy) is 1. The first-order chi connectivity index (χ1) is 6.84. The Hall–Kier alpha value is -0.980. The fourth-order valence-electron chi connectivity index (χ4n) is 0.694. The van der Waals surface area contributed by atoms with E-state index in [1.807, 2.05) is 0 Å². The summed E-state index contributed by atoms with van der Waals surface area (Å²) < 4.78 is 41.4. The number of halogens is 3. The fourth-order valence-corrected chi connectivity index (χ4v) is 0.943. The lowest BCUT2D eigenvalue weighted by Crippen LogP contribution is -2.16. The zero-order valence-electron chi connectivity index (χ0n) is 8.13. The van der Waals surface area contributed by atoms with Gasteiger partial charge in [0.25, 0.3) is 0 Å². The van der Waals surface area contributed by atoms with Crippen molar-refractivity contribution >= 4 is 24.8 Å². The molecule has 0 aromatic carbocycles. The molecule has 0 N–H and O–H groups in total. The summed E-state index contributed by atoms with van der Waals surface area (Å²) in [6, 6.07) is 0. The van der Waals surface area contributed by atoms with Crippen LogP contribution in [-0.4, -0.2) is 25.0 Å². The first kappa shape index (κ1) is 14.0. The molecule has 0 aliphatic heterocycles. The Bertz CT molecular complexity index is 297. The van der Waals surface area contributed by atoms with E-state index >= 15 is 0 Å². The number of thiol groups is 1. The third-order valence-corrected chi connectivity index (χ3v) is 1.61. The number of nitrogens with zero attached hydrogens (tertiary/aromatic N) is 1. The highest BCUT2D eigenvalue weighted by molar-refractivity contribution is 7.85. The summed E-state index contributed by atoms with van der Waals surface area (Å²) in [6.45, 7) is 2.76. The number of allylic oxidation sites excluding steroid dienone is 1. The summed E-state index contributed by atoms with van der Waals surface area (Å²) in [5.74, 6) is -1.14. The van der Waals surface area contributed by atoms with Crippen molar-refractivity contribution in [2.45, 2.75) is 20.0 Å². The summed E-state index contributed by atoms with van der Waals surface area (Å²) in [7, 11) is 0. The molecule has 0 aliphatic rings. The van der Waals surface area contributed by atoms with Crippen molar-refractivity contribution in [3.05, 3.63) is 10.6 Å². The Labute approximate surface area is 90.4 Å². The fraction of sp³-hybridized carbons (Fsp3) is 0.500. The molecule has 0 aromatic rings. The van der Waals surface area contributed by atoms with E-state index in [2.05, 4.69) is 22.4 Å². The van der Waals surface area contributed by atoms with Gasteiger partial charge in [0.05, 0.1) is 6.61 Å². The van der Waals surface area contributed by atoms with Crippen LogP contribution >= 0.6 is 12.6 Å². The van der Waals surface area contributed by atoms with Crippen molar-refractivity contribution in [2.75, 3.05) is 6.61 Å². The summed E-state index contributed by atoms with van der Waals surface area (Å²) in [4.78, 5) is 13.2. The molecule has 0 rings (SSSR count). The minimum atomic E-state index is -4.73. The van der Waals surface area contributed by atoms with Crippen LogP contribution in [0, 0.1) is 0 Å². The molecule has 0 amide bonds. The standard InChI is InChI=1S/C8H10F3NO2S/c1-3-12-6(8(9,10)11)5(15)7(13)14-4-2/h3,15H,4H2,1-2H3/b6-5-,12-3?. The zero-order chi connectivity index (χ0) is 12.1. The second kappa shape index (κ2) is 5.79. The number of esters is 1. The van der Waals surface area contributed by atoms with Crippen LogP contribution in [0.15, 0.2) is 15.6 Å². The largest absolute Gasteiger partial charge is 0.462 e. The van der Waals surface area contributed by atoms with Gasteiger partial charge in [-0.3, -0.25) is 4.99 Å². The van der Waals surface area contributed by atoms with Crippen LogP contribution in [0.5, 0.6) is 0 Å². The Morgan fingerprint density at radius 3 is 2.40 bits per heavy atom. The van der Waals surface area contributed by atoms with Gasteiger partial charge in [0.1, 0.15) is 4.91 Å². The Morgan fingerprint density at radius 1 is 1.53 bits per heavy atom. The lowest BCUT2D eigenvalue weighted by Gasteiger charge is -2.09. The molecule has 0 saturated heterocycles. The number of aliphatic imine (C=N–C) groups is 1. The molecule has 0 bridgehead atoms. The first-order valence-electron chi connectivity index (χ1n) is 4.00. The van der Waals surface area contributed by atoms with Gasteiger partial charge in [-0.05, 0) is 13.8 Å². The maximum Gasteiger partial charge on any atom is 0.434 e. The second-order valence-electron chi connectivity index (χ2n) is 2.30. The second-order valence-corrected chi connectivity index (χ2v) is 2.75. The molecule has 0 heterocycles. The summed E-state index contributed by atoms with van der Waals surface area (Å²) >= 11 is 3.45. The number of hydrogen-bond acceptors (Lipinski definition) is 4. The summed E-state index contributed by atoms with van der Waals surface area (Å²) in [6.07, 6.45) is -3.80. The predicted octanol–water partition coefficient (Wildman–Crippen LogP) is 2.34. The predicted molar refractivity (Wildman–Crippen MR) is 52.9 cm³/mol. The van der Waals surface area contributed by atoms with E-state index in [4.69, 9.17) is 0 Å². The molecule has 3 nitrogen and oxygen atoms in total. The Morgan fingerprint density at radius 2 is 2.07 bits per heavy atom. The van der Waals surface area contributed by atoms with Gasteiger partial charge < -0.3 is 4.74 Å². The highest BCUT2D eigenvalue weighted by Crippen LogP contribution is 2.30. The first-order valence-corrected chi connectivity index (χ1v) is 4.45. The molecule has 15 heavy (non-hydrogen) atoms. The molecule has 86 valence electrons. The van der Waals surface area contributed by atoms with E-state index in [9.17, 15) is 18.0 Å². The SMILES string of the molecule is CC=N/C(=C(\S)C(=O)OCC)C(F)(F)F. The molecule has 0 fully saturated rings. The van der Waals surface area contributed by atoms with Gasteiger partial charge >= 0.3 is 12.1 Å². The molecule has 7 heteroatoms. The van der Waals surface area contributed by atoms with Crippen molar-refractivity contribution in [3.63, 3.8) is 0 Å². The smallest absolute Gasteiger partial charge is 0.434 e. The van der Waals surface area contributed by atoms with E-state index in [1.165, 1.54) is 13.8 Å². The maximum atomic E-state index is 12.3. The molecule has 0 aromatic heterocycles. The lowest BCUT2D eigenvalue weighted by molar-refractivity contribution is -0.138. The van der Waals surface area contributed by atoms with Crippen LogP contribution in [0.4, 0.5) is 13.2 Å². The van der Waals surface area contributed by atoms with E-state index in [0.29, 0.717) is 0 Å². The number of alkyl halides is 3. The minimum absolute atomic E-state index is 0.0239. The van der Waals surface area contributed by atoms with E-state index in [0.717, 1.165) is 6.21 Å². The van der Waals surface area contributed by atoms with E-state index in [1.54, 1.807) is 0 Å². The van der Waals surface area contributed by atoms with Gasteiger partial charge in [-0.2, -0.15) is 13.2 Å². The van der Waals surface area contributed by atoms with Crippen LogP contribution in [0.1, 0.15) is 13.8 Å². The van der Waals surface area contributed by atoms with Crippen molar-refractivity contribution < 1.29 is 22.7 Å². The van der Waals surface area contributed by atoms with Crippen molar-refractivity contribution in [1.29, 1.82) is 0 Å². The zero-order valence-corrected chi connectivity index (χ0v) is 9.02. The van der Waals surface area contributed by atoms with Gasteiger partial charge in [0, 0.05) is 6.21 Å². The van der Waals surface area contributed by atoms with Crippen LogP contribution in [-0.2, 0) is 9.53 Å². The van der Waals surface area contributed by atoms with Crippen molar-refractivity contribution in [3.8, 4) is 0 Å². The normalized spacial score (nSPS) is 14.0. The molecule has 0 atom stereocenters. The molecule has 0 aliphatic carbocycles. The maximum absolute atomic E-state index is 12.3. The lowest BCUT2D eigenvalue weighted by atomic mass is 10.4. The van der Waals surface area contributed by atoms with Crippen molar-refractivity contribution in [2.24, 2.45) is 4.99 Å². The highest BCUT2D eigenvalue weighted by Gasteiger charge is 2.37. The van der Waals surface area contributed by atoms with Crippen LogP contribution < -0.4 is 0 Å². The quantitative estimate of drug-likeness (QED) is 0.356. The van der Waals surface area contributed by atoms with Gasteiger partial charge in [-0.15, -0.1) is 12.6 Å². The van der Waals surface area contributed by atoms with E-state index < -0.39 is 22.7 Å². The van der Waals surface area contributed by atoms with Gasteiger partial charge in [0.15, 0.2) is 5.70 Å². The van der Waals surface area contributed by atoms with Gasteiger partial charge in [-0.1, -0.05) is 0 Å². The number of hydrogen-bond donors (Lipinski definition) is 1. The topological polar surface area (TPSA) is 38.7 Å². The molecular formula is C8H10F3NO2S. The minimum Gasteiger partial charge on any atom is -0.462 e. The molecule has 0 radical (unpaired) electrons. The third kappa shape index (κ3) is 4.37. The number of carbonyl (C=O) groups is 1. The summed E-state index contributed by atoms with van der Waals surface area (Å²) in [5, 5.41) is 0. The average molecular weight is 241 g/mol. The van der Waals surface area contributed by atoms with Crippen LogP contribution in [0.25, 0.3) is 0 Å². The monoisotopic (exact) mass is 241 g/mol. The van der Waals surface area contributed by atoms with Crippen molar-refractivity contribution in [1.82, 2.24) is 0 Å². The average Bonchev–Trinajstić information content (AvgIpc) is 2.11. The summed E-state index contributed by atoms with van der Waals surface area (Å²) in [5.41, 5.74) is -1.35. The number of carbonyl (C=O) groups excluding carboxylic acids is 1. The molecule has 0 saturated carbocycles. The third-order valence-electron chi connectivity index (χ3n) is 1.22. The molecule has 0 spiro atoms. The highest BCUT2D eigenvalue weighted by atomic mass is 32.1. The van der Waals surface area contributed by atoms with Gasteiger partial charge in [0.2, 0.25) is 0 Å². The van der Waals surface area contributed by atoms with E-state index in [-0.39, 0.29) is 6.61 Å². The van der Waals surface area contributed by atoms with Crippen LogP contribution in [0.3, 0.4) is 0 Å². The molecule has 0 unspecified atom stereocenters. The Balaban J connectivity index is 5.19. The Kier molecular flexibility index (Phi) is 5.41. The molecular weight excluding hydrogens is 231 g/mol. The van der Waals surface area contributed by atoms with Crippen LogP contribution in [0.2, 0.25) is 0 Å².